The summed E-state index contributed by atoms with van der Waals surface area (Å²) in [4.78, 5) is 26.7. The Labute approximate surface area is 214 Å². The minimum atomic E-state index is -0.410. The van der Waals surface area contributed by atoms with Gasteiger partial charge < -0.3 is 9.64 Å². The molecule has 0 spiro atoms. The lowest BCUT2D eigenvalue weighted by Gasteiger charge is -2.26. The van der Waals surface area contributed by atoms with Gasteiger partial charge in [-0.25, -0.2) is 4.79 Å². The fraction of sp³-hybridized carbons (Fsp3) is 0.192. The zero-order chi connectivity index (χ0) is 24.8. The van der Waals surface area contributed by atoms with Gasteiger partial charge in [0.1, 0.15) is 0 Å². The fourth-order valence-electron chi connectivity index (χ4n) is 3.21. The van der Waals surface area contributed by atoms with Crippen molar-refractivity contribution in [3.05, 3.63) is 98.5 Å². The molecule has 0 unspecified atom stereocenters. The first-order valence-corrected chi connectivity index (χ1v) is 11.8. The largest absolute Gasteiger partial charge is 0.462 e. The van der Waals surface area contributed by atoms with Gasteiger partial charge in [-0.1, -0.05) is 35.3 Å². The summed E-state index contributed by atoms with van der Waals surface area (Å²) < 4.78 is 5.05. The Morgan fingerprint density at radius 1 is 0.941 bits per heavy atom. The van der Waals surface area contributed by atoms with E-state index in [0.29, 0.717) is 26.9 Å². The van der Waals surface area contributed by atoms with Crippen molar-refractivity contribution in [2.24, 2.45) is 0 Å². The number of anilines is 1. The number of thiocarbonyl (C=S) groups is 1. The summed E-state index contributed by atoms with van der Waals surface area (Å²) in [7, 11) is 0. The highest BCUT2D eigenvalue weighted by Gasteiger charge is 2.19. The summed E-state index contributed by atoms with van der Waals surface area (Å²) in [6.45, 7) is 6.25. The first-order valence-electron chi connectivity index (χ1n) is 10.6. The number of nitrogens with zero attached hydrogens (tertiary/aromatic N) is 1. The number of carbonyl (C=O) groups excluding carboxylic acids is 2. The number of benzene rings is 3. The Balaban J connectivity index is 1.90. The lowest BCUT2D eigenvalue weighted by molar-refractivity contribution is 0.0526. The van der Waals surface area contributed by atoms with E-state index < -0.39 is 5.97 Å². The molecule has 1 N–H and O–H groups in total. The summed E-state index contributed by atoms with van der Waals surface area (Å²) in [5.41, 5.74) is 4.47. The van der Waals surface area contributed by atoms with E-state index in [2.05, 4.69) is 5.32 Å². The average molecular weight is 515 g/mol. The van der Waals surface area contributed by atoms with E-state index in [0.717, 1.165) is 16.7 Å². The van der Waals surface area contributed by atoms with Crippen LogP contribution in [0.2, 0.25) is 10.0 Å². The van der Waals surface area contributed by atoms with Gasteiger partial charge in [0, 0.05) is 21.3 Å². The quantitative estimate of drug-likeness (QED) is 0.300. The van der Waals surface area contributed by atoms with Gasteiger partial charge in [0.05, 0.1) is 18.7 Å². The van der Waals surface area contributed by atoms with Crippen LogP contribution in [-0.4, -0.2) is 23.6 Å². The molecular formula is C26H24Cl2N2O3S. The molecule has 0 saturated carbocycles. The smallest absolute Gasteiger partial charge is 0.338 e. The SMILES string of the molecule is CCOC(=O)c1ccc(N(Cc2ccc(Cl)cc2Cl)C(=S)NC(=O)c2ccc(C)c(C)c2)cc1. The lowest BCUT2D eigenvalue weighted by atomic mass is 10.1. The molecule has 0 aliphatic rings. The fourth-order valence-corrected chi connectivity index (χ4v) is 3.94. The van der Waals surface area contributed by atoms with Gasteiger partial charge in [-0.05, 0) is 98.2 Å². The standard InChI is InChI=1S/C26H24Cl2N2O3S/c1-4-33-25(32)18-8-11-22(12-9-18)30(15-20-7-10-21(27)14-23(20)28)26(34)29-24(31)19-6-5-16(2)17(3)13-19/h5-14H,4,15H2,1-3H3,(H,29,31,34). The van der Waals surface area contributed by atoms with Crippen LogP contribution in [0.1, 0.15) is 44.3 Å². The summed E-state index contributed by atoms with van der Waals surface area (Å²) in [6.07, 6.45) is 0. The Hall–Kier alpha value is -2.93. The predicted octanol–water partition coefficient (Wildman–Crippen LogP) is 6.51. The summed E-state index contributed by atoms with van der Waals surface area (Å²) in [5.74, 6) is -0.726. The van der Waals surface area contributed by atoms with Gasteiger partial charge in [0.25, 0.3) is 5.91 Å². The second-order valence-electron chi connectivity index (χ2n) is 7.65. The number of rotatable bonds is 6. The van der Waals surface area contributed by atoms with Crippen molar-refractivity contribution in [2.75, 3.05) is 11.5 Å². The van der Waals surface area contributed by atoms with Crippen molar-refractivity contribution in [2.45, 2.75) is 27.3 Å². The van der Waals surface area contributed by atoms with E-state index in [-0.39, 0.29) is 24.2 Å². The van der Waals surface area contributed by atoms with Crippen LogP contribution in [0, 0.1) is 13.8 Å². The number of carbonyl (C=O) groups is 2. The van der Waals surface area contributed by atoms with E-state index in [9.17, 15) is 9.59 Å². The van der Waals surface area contributed by atoms with Crippen molar-refractivity contribution in [1.82, 2.24) is 5.32 Å². The van der Waals surface area contributed by atoms with Crippen LogP contribution < -0.4 is 10.2 Å². The van der Waals surface area contributed by atoms with E-state index in [1.165, 1.54) is 0 Å². The number of halogens is 2. The van der Waals surface area contributed by atoms with E-state index in [1.54, 1.807) is 60.4 Å². The molecule has 3 aromatic rings. The number of aryl methyl sites for hydroxylation is 2. The van der Waals surface area contributed by atoms with Crippen molar-refractivity contribution < 1.29 is 14.3 Å². The maximum atomic E-state index is 12.9. The van der Waals surface area contributed by atoms with Gasteiger partial charge in [-0.15, -0.1) is 0 Å². The number of ether oxygens (including phenoxy) is 1. The second kappa shape index (κ2) is 11.5. The van der Waals surface area contributed by atoms with Crippen LogP contribution in [0.25, 0.3) is 0 Å². The molecule has 0 aliphatic carbocycles. The lowest BCUT2D eigenvalue weighted by Crippen LogP contribution is -2.42. The second-order valence-corrected chi connectivity index (χ2v) is 8.88. The van der Waals surface area contributed by atoms with E-state index in [1.807, 2.05) is 26.0 Å². The molecule has 176 valence electrons. The summed E-state index contributed by atoms with van der Waals surface area (Å²) in [6, 6.07) is 17.4. The van der Waals surface area contributed by atoms with Crippen LogP contribution in [0.3, 0.4) is 0 Å². The molecule has 0 bridgehead atoms. The molecule has 0 radical (unpaired) electrons. The highest BCUT2D eigenvalue weighted by Crippen LogP contribution is 2.25. The number of nitrogens with one attached hydrogen (secondary N) is 1. The molecule has 0 atom stereocenters. The number of hydrogen-bond donors (Lipinski definition) is 1. The number of esters is 1. The van der Waals surface area contributed by atoms with E-state index in [4.69, 9.17) is 40.2 Å². The topological polar surface area (TPSA) is 58.6 Å². The molecule has 5 nitrogen and oxygen atoms in total. The average Bonchev–Trinajstić information content (AvgIpc) is 2.80. The molecule has 1 amide bonds. The van der Waals surface area contributed by atoms with Gasteiger partial charge >= 0.3 is 5.97 Å². The maximum absolute atomic E-state index is 12.9. The maximum Gasteiger partial charge on any atom is 0.338 e. The van der Waals surface area contributed by atoms with E-state index >= 15 is 0 Å². The van der Waals surface area contributed by atoms with Crippen molar-refractivity contribution in [1.29, 1.82) is 0 Å². The van der Waals surface area contributed by atoms with Crippen LogP contribution in [-0.2, 0) is 11.3 Å². The van der Waals surface area contributed by atoms with Gasteiger partial charge in [0.2, 0.25) is 0 Å². The third-order valence-corrected chi connectivity index (χ3v) is 6.18. The van der Waals surface area contributed by atoms with Crippen LogP contribution >= 0.6 is 35.4 Å². The molecular weight excluding hydrogens is 491 g/mol. The predicted molar refractivity (Wildman–Crippen MR) is 141 cm³/mol. The molecule has 3 rings (SSSR count). The minimum absolute atomic E-state index is 0.193. The highest BCUT2D eigenvalue weighted by molar-refractivity contribution is 7.80. The van der Waals surface area contributed by atoms with Crippen molar-refractivity contribution in [3.63, 3.8) is 0 Å². The Morgan fingerprint density at radius 2 is 1.62 bits per heavy atom. The first-order chi connectivity index (χ1) is 16.2. The Morgan fingerprint density at radius 3 is 2.24 bits per heavy atom. The third kappa shape index (κ3) is 6.35. The molecule has 0 aromatic heterocycles. The van der Waals surface area contributed by atoms with Gasteiger partial charge in [-0.3, -0.25) is 10.1 Å². The number of hydrogen-bond acceptors (Lipinski definition) is 4. The Bertz CT molecular complexity index is 1230. The van der Waals surface area contributed by atoms with Crippen LogP contribution in [0.5, 0.6) is 0 Å². The van der Waals surface area contributed by atoms with Crippen molar-refractivity contribution >= 4 is 58.1 Å². The van der Waals surface area contributed by atoms with Gasteiger partial charge in [0.15, 0.2) is 5.11 Å². The normalized spacial score (nSPS) is 10.5. The molecule has 34 heavy (non-hydrogen) atoms. The zero-order valence-corrected chi connectivity index (χ0v) is 21.4. The third-order valence-electron chi connectivity index (χ3n) is 5.27. The molecule has 3 aromatic carbocycles. The molecule has 0 aliphatic heterocycles. The molecule has 0 fully saturated rings. The van der Waals surface area contributed by atoms with Crippen LogP contribution in [0.4, 0.5) is 5.69 Å². The minimum Gasteiger partial charge on any atom is -0.462 e. The molecule has 0 heterocycles. The first kappa shape index (κ1) is 25.7. The monoisotopic (exact) mass is 514 g/mol. The summed E-state index contributed by atoms with van der Waals surface area (Å²) >= 11 is 18.1. The molecule has 8 heteroatoms. The zero-order valence-electron chi connectivity index (χ0n) is 19.0. The van der Waals surface area contributed by atoms with Crippen LogP contribution in [0.15, 0.2) is 60.7 Å². The van der Waals surface area contributed by atoms with Crippen molar-refractivity contribution in [3.8, 4) is 0 Å². The Kier molecular flexibility index (Phi) is 8.67. The highest BCUT2D eigenvalue weighted by atomic mass is 35.5. The van der Waals surface area contributed by atoms with Gasteiger partial charge in [-0.2, -0.15) is 0 Å². The molecule has 0 saturated heterocycles. The summed E-state index contributed by atoms with van der Waals surface area (Å²) in [5, 5.41) is 3.99. The number of amides is 1.